The minimum atomic E-state index is -3.13. The fraction of sp³-hybridized carbons (Fsp3) is 0.160. The first kappa shape index (κ1) is 20.1. The lowest BCUT2D eigenvalue weighted by Gasteiger charge is -2.21. The van der Waals surface area contributed by atoms with Gasteiger partial charge in [-0.2, -0.15) is 0 Å². The number of amides is 2. The number of alkyl halides is 2. The predicted octanol–water partition coefficient (Wildman–Crippen LogP) is 4.39. The van der Waals surface area contributed by atoms with Crippen molar-refractivity contribution in [1.29, 1.82) is 0 Å². The molecule has 0 aliphatic carbocycles. The minimum Gasteiger partial charge on any atom is -0.368 e. The molecule has 1 atom stereocenters. The van der Waals surface area contributed by atoms with Crippen LogP contribution in [0.25, 0.3) is 32.8 Å². The molecule has 4 aromatic rings. The normalized spacial score (nSPS) is 17.7. The first-order valence-corrected chi connectivity index (χ1v) is 10.2. The van der Waals surface area contributed by atoms with E-state index in [1.54, 1.807) is 24.4 Å². The van der Waals surface area contributed by atoms with Crippen LogP contribution in [0, 0.1) is 0 Å². The molecule has 2 amide bonds. The summed E-state index contributed by atoms with van der Waals surface area (Å²) in [5, 5.41) is 2.73. The Balaban J connectivity index is 1.54. The number of carbonyl (C=O) groups excluding carboxylic acids is 2. The topological polar surface area (TPSA) is 76.3 Å². The van der Waals surface area contributed by atoms with Crippen LogP contribution < -0.4 is 5.73 Å². The Morgan fingerprint density at radius 2 is 1.81 bits per heavy atom. The number of pyridine rings is 1. The molecule has 0 bridgehead atoms. The summed E-state index contributed by atoms with van der Waals surface area (Å²) < 4.78 is 27.8. The first-order valence-electron chi connectivity index (χ1n) is 10.2. The molecule has 1 aliphatic heterocycles. The second-order valence-electron chi connectivity index (χ2n) is 8.06. The molecule has 1 aliphatic rings. The van der Waals surface area contributed by atoms with E-state index in [2.05, 4.69) is 11.1 Å². The highest BCUT2D eigenvalue weighted by molar-refractivity contribution is 6.04. The molecule has 2 N–H and O–H groups in total. The number of hydrogen-bond donors (Lipinski definition) is 1. The number of fused-ring (bicyclic) bond motifs is 2. The smallest absolute Gasteiger partial charge is 0.267 e. The molecule has 5 rings (SSSR count). The van der Waals surface area contributed by atoms with Gasteiger partial charge in [0.15, 0.2) is 0 Å². The SMILES string of the molecule is NC(=O)[C@@H]1CC(F)(F)CN1C(=O)c1ccc2c(-c3ccc4ncccc4c3)cccc2c1. The summed E-state index contributed by atoms with van der Waals surface area (Å²) in [5.41, 5.74) is 8.39. The summed E-state index contributed by atoms with van der Waals surface area (Å²) in [7, 11) is 0. The molecule has 0 spiro atoms. The van der Waals surface area contributed by atoms with E-state index in [0.717, 1.165) is 37.7 Å². The van der Waals surface area contributed by atoms with Gasteiger partial charge in [0.2, 0.25) is 5.91 Å². The molecule has 5 nitrogen and oxygen atoms in total. The summed E-state index contributed by atoms with van der Waals surface area (Å²) in [5.74, 6) is -4.69. The third kappa shape index (κ3) is 3.45. The van der Waals surface area contributed by atoms with Gasteiger partial charge in [-0.15, -0.1) is 0 Å². The summed E-state index contributed by atoms with van der Waals surface area (Å²) in [6.45, 7) is -0.817. The van der Waals surface area contributed by atoms with Gasteiger partial charge < -0.3 is 10.6 Å². The fourth-order valence-electron chi connectivity index (χ4n) is 4.36. The zero-order valence-electron chi connectivity index (χ0n) is 17.0. The molecule has 0 radical (unpaired) electrons. The maximum absolute atomic E-state index is 13.9. The number of rotatable bonds is 3. The number of nitrogens with zero attached hydrogens (tertiary/aromatic N) is 2. The molecule has 7 heteroatoms. The average molecular weight is 431 g/mol. The first-order chi connectivity index (χ1) is 15.3. The molecule has 2 heterocycles. The monoisotopic (exact) mass is 431 g/mol. The van der Waals surface area contributed by atoms with Gasteiger partial charge in [-0.1, -0.05) is 36.4 Å². The number of primary amides is 1. The number of benzene rings is 3. The van der Waals surface area contributed by atoms with Crippen LogP contribution in [0.2, 0.25) is 0 Å². The lowest BCUT2D eigenvalue weighted by atomic mass is 9.96. The summed E-state index contributed by atoms with van der Waals surface area (Å²) in [6.07, 6.45) is 1.00. The highest BCUT2D eigenvalue weighted by Gasteiger charge is 2.49. The lowest BCUT2D eigenvalue weighted by Crippen LogP contribution is -2.43. The maximum atomic E-state index is 13.9. The van der Waals surface area contributed by atoms with Gasteiger partial charge in [0, 0.05) is 23.6 Å². The molecule has 1 saturated heterocycles. The number of hydrogen-bond acceptors (Lipinski definition) is 3. The summed E-state index contributed by atoms with van der Waals surface area (Å²) in [4.78, 5) is 29.8. The van der Waals surface area contributed by atoms with Crippen molar-refractivity contribution in [2.45, 2.75) is 18.4 Å². The van der Waals surface area contributed by atoms with Crippen molar-refractivity contribution in [2.24, 2.45) is 5.73 Å². The van der Waals surface area contributed by atoms with Crippen LogP contribution in [-0.2, 0) is 4.79 Å². The molecule has 0 unspecified atom stereocenters. The van der Waals surface area contributed by atoms with Crippen molar-refractivity contribution in [3.8, 4) is 11.1 Å². The average Bonchev–Trinajstić information content (AvgIpc) is 3.13. The van der Waals surface area contributed by atoms with E-state index in [4.69, 9.17) is 5.73 Å². The van der Waals surface area contributed by atoms with Gasteiger partial charge in [0.05, 0.1) is 12.1 Å². The molecule has 1 aromatic heterocycles. The van der Waals surface area contributed by atoms with E-state index < -0.39 is 36.7 Å². The Hall–Kier alpha value is -3.87. The number of likely N-dealkylation sites (tertiary alicyclic amines) is 1. The second-order valence-corrected chi connectivity index (χ2v) is 8.06. The third-order valence-corrected chi connectivity index (χ3v) is 5.90. The zero-order valence-corrected chi connectivity index (χ0v) is 17.0. The van der Waals surface area contributed by atoms with Crippen LogP contribution >= 0.6 is 0 Å². The van der Waals surface area contributed by atoms with Gasteiger partial charge in [0.25, 0.3) is 11.8 Å². The van der Waals surface area contributed by atoms with E-state index in [1.807, 2.05) is 42.5 Å². The predicted molar refractivity (Wildman–Crippen MR) is 118 cm³/mol. The quantitative estimate of drug-likeness (QED) is 0.523. The van der Waals surface area contributed by atoms with Crippen LogP contribution in [0.1, 0.15) is 16.8 Å². The van der Waals surface area contributed by atoms with Gasteiger partial charge in [-0.3, -0.25) is 14.6 Å². The van der Waals surface area contributed by atoms with Gasteiger partial charge in [0.1, 0.15) is 6.04 Å². The molecule has 3 aromatic carbocycles. The van der Waals surface area contributed by atoms with Crippen molar-refractivity contribution in [2.75, 3.05) is 6.54 Å². The van der Waals surface area contributed by atoms with Crippen LogP contribution in [0.15, 0.2) is 72.9 Å². The Morgan fingerprint density at radius 3 is 2.62 bits per heavy atom. The van der Waals surface area contributed by atoms with Crippen molar-refractivity contribution in [3.05, 3.63) is 78.5 Å². The fourth-order valence-corrected chi connectivity index (χ4v) is 4.36. The Bertz CT molecular complexity index is 1390. The van der Waals surface area contributed by atoms with Gasteiger partial charge >= 0.3 is 0 Å². The standard InChI is InChI=1S/C25H19F2N3O2/c26-25(27)13-22(23(28)31)30(14-25)24(32)18-6-8-20-15(12-18)3-1-5-19(20)16-7-9-21-17(11-16)4-2-10-29-21/h1-12,22H,13-14H2,(H2,28,31)/t22-/m0/s1. The second kappa shape index (κ2) is 7.37. The number of nitrogens with two attached hydrogens (primary N) is 1. The zero-order chi connectivity index (χ0) is 22.5. The van der Waals surface area contributed by atoms with E-state index in [0.29, 0.717) is 0 Å². The Kier molecular flexibility index (Phi) is 4.62. The summed E-state index contributed by atoms with van der Waals surface area (Å²) >= 11 is 0. The Morgan fingerprint density at radius 1 is 1.00 bits per heavy atom. The Labute approximate surface area is 182 Å². The van der Waals surface area contributed by atoms with Crippen LogP contribution in [-0.4, -0.2) is 40.2 Å². The minimum absolute atomic E-state index is 0.237. The highest BCUT2D eigenvalue weighted by Crippen LogP contribution is 2.34. The van der Waals surface area contributed by atoms with Crippen molar-refractivity contribution in [3.63, 3.8) is 0 Å². The molecular formula is C25H19F2N3O2. The van der Waals surface area contributed by atoms with Crippen LogP contribution in [0.3, 0.4) is 0 Å². The maximum Gasteiger partial charge on any atom is 0.267 e. The van der Waals surface area contributed by atoms with E-state index in [-0.39, 0.29) is 5.56 Å². The molecule has 1 fully saturated rings. The van der Waals surface area contributed by atoms with E-state index >= 15 is 0 Å². The third-order valence-electron chi connectivity index (χ3n) is 5.90. The molecule has 160 valence electrons. The van der Waals surface area contributed by atoms with Gasteiger partial charge in [-0.25, -0.2) is 8.78 Å². The van der Waals surface area contributed by atoms with Crippen LogP contribution in [0.4, 0.5) is 8.78 Å². The molecule has 32 heavy (non-hydrogen) atoms. The van der Waals surface area contributed by atoms with Crippen molar-refractivity contribution >= 4 is 33.5 Å². The highest BCUT2D eigenvalue weighted by atomic mass is 19.3. The van der Waals surface area contributed by atoms with Crippen molar-refractivity contribution in [1.82, 2.24) is 9.88 Å². The van der Waals surface area contributed by atoms with Crippen LogP contribution in [0.5, 0.6) is 0 Å². The lowest BCUT2D eigenvalue weighted by molar-refractivity contribution is -0.121. The molecule has 0 saturated carbocycles. The number of aromatic nitrogens is 1. The van der Waals surface area contributed by atoms with Crippen molar-refractivity contribution < 1.29 is 18.4 Å². The number of carbonyl (C=O) groups is 2. The van der Waals surface area contributed by atoms with Gasteiger partial charge in [-0.05, 0) is 52.2 Å². The summed E-state index contributed by atoms with van der Waals surface area (Å²) in [6, 6.07) is 19.4. The van der Waals surface area contributed by atoms with E-state index in [9.17, 15) is 18.4 Å². The van der Waals surface area contributed by atoms with E-state index in [1.165, 1.54) is 0 Å². The molecular weight excluding hydrogens is 412 g/mol. The largest absolute Gasteiger partial charge is 0.368 e. The number of halogens is 2.